The van der Waals surface area contributed by atoms with Crippen LogP contribution in [-0.2, 0) is 17.7 Å². The van der Waals surface area contributed by atoms with Crippen molar-refractivity contribution in [3.05, 3.63) is 34.3 Å². The Morgan fingerprint density at radius 1 is 1.61 bits per heavy atom. The van der Waals surface area contributed by atoms with Gasteiger partial charge in [-0.05, 0) is 18.4 Å². The summed E-state index contributed by atoms with van der Waals surface area (Å²) in [5.41, 5.74) is 6.40. The van der Waals surface area contributed by atoms with Crippen molar-refractivity contribution in [2.24, 2.45) is 0 Å². The first kappa shape index (κ1) is 12.6. The highest BCUT2D eigenvalue weighted by molar-refractivity contribution is 7.09. The van der Waals surface area contributed by atoms with Crippen LogP contribution in [0.3, 0.4) is 0 Å². The molecule has 6 heteroatoms. The Morgan fingerprint density at radius 2 is 2.44 bits per heavy atom. The van der Waals surface area contributed by atoms with Gasteiger partial charge in [-0.25, -0.2) is 4.79 Å². The Labute approximate surface area is 109 Å². The summed E-state index contributed by atoms with van der Waals surface area (Å²) >= 11 is 1.65. The number of carbonyl (C=O) groups excluding carboxylic acids is 1. The van der Waals surface area contributed by atoms with E-state index in [1.807, 2.05) is 24.4 Å². The molecule has 5 nitrogen and oxygen atoms in total. The molecule has 2 heterocycles. The molecule has 2 rings (SSSR count). The number of carbonyl (C=O) groups is 1. The minimum Gasteiger partial charge on any atom is -0.461 e. The van der Waals surface area contributed by atoms with Crippen LogP contribution in [0.15, 0.2) is 23.7 Å². The summed E-state index contributed by atoms with van der Waals surface area (Å²) in [6, 6.07) is 4.00. The van der Waals surface area contributed by atoms with Gasteiger partial charge in [-0.1, -0.05) is 6.07 Å². The maximum absolute atomic E-state index is 11.9. The van der Waals surface area contributed by atoms with E-state index >= 15 is 0 Å². The van der Waals surface area contributed by atoms with Crippen molar-refractivity contribution in [3.8, 4) is 0 Å². The molecule has 0 bridgehead atoms. The first-order chi connectivity index (χ1) is 8.72. The van der Waals surface area contributed by atoms with Crippen LogP contribution in [0.5, 0.6) is 0 Å². The highest BCUT2D eigenvalue weighted by atomic mass is 32.1. The lowest BCUT2D eigenvalue weighted by Crippen LogP contribution is -2.15. The van der Waals surface area contributed by atoms with Gasteiger partial charge in [0.15, 0.2) is 5.69 Å². The third-order valence-corrected chi connectivity index (χ3v) is 3.46. The van der Waals surface area contributed by atoms with E-state index in [0.717, 1.165) is 6.42 Å². The van der Waals surface area contributed by atoms with Gasteiger partial charge in [0.1, 0.15) is 0 Å². The number of nitrogens with two attached hydrogens (primary N) is 1. The Kier molecular flexibility index (Phi) is 3.99. The standard InChI is InChI=1S/C12H15N3O2S/c1-2-15-11(10(13)8-14-15)12(16)17-6-5-9-4-3-7-18-9/h3-4,7-8H,2,5-6,13H2,1H3. The van der Waals surface area contributed by atoms with Crippen molar-refractivity contribution in [1.29, 1.82) is 0 Å². The molecule has 0 aromatic carbocycles. The van der Waals surface area contributed by atoms with Gasteiger partial charge in [0, 0.05) is 17.8 Å². The summed E-state index contributed by atoms with van der Waals surface area (Å²) in [6.07, 6.45) is 2.20. The van der Waals surface area contributed by atoms with Crippen LogP contribution < -0.4 is 5.73 Å². The maximum Gasteiger partial charge on any atom is 0.358 e. The summed E-state index contributed by atoms with van der Waals surface area (Å²) in [5, 5.41) is 6.01. The number of esters is 1. The van der Waals surface area contributed by atoms with Crippen LogP contribution in [0.1, 0.15) is 22.3 Å². The molecule has 0 aliphatic rings. The van der Waals surface area contributed by atoms with E-state index in [1.54, 1.807) is 16.0 Å². The van der Waals surface area contributed by atoms with Crippen molar-refractivity contribution in [2.75, 3.05) is 12.3 Å². The van der Waals surface area contributed by atoms with Crippen molar-refractivity contribution < 1.29 is 9.53 Å². The zero-order valence-corrected chi connectivity index (χ0v) is 10.9. The van der Waals surface area contributed by atoms with E-state index in [-0.39, 0.29) is 0 Å². The Morgan fingerprint density at radius 3 is 3.11 bits per heavy atom. The largest absolute Gasteiger partial charge is 0.461 e. The fraction of sp³-hybridized carbons (Fsp3) is 0.333. The number of anilines is 1. The van der Waals surface area contributed by atoms with Gasteiger partial charge in [-0.15, -0.1) is 11.3 Å². The third kappa shape index (κ3) is 2.70. The summed E-state index contributed by atoms with van der Waals surface area (Å²) in [6.45, 7) is 2.84. The molecule has 0 aliphatic carbocycles. The van der Waals surface area contributed by atoms with E-state index in [1.165, 1.54) is 11.1 Å². The molecule has 2 aromatic heterocycles. The number of thiophene rings is 1. The maximum atomic E-state index is 11.9. The van der Waals surface area contributed by atoms with Gasteiger partial charge in [0.05, 0.1) is 18.5 Å². The number of aromatic nitrogens is 2. The van der Waals surface area contributed by atoms with Gasteiger partial charge in [-0.3, -0.25) is 4.68 Å². The van der Waals surface area contributed by atoms with Gasteiger partial charge < -0.3 is 10.5 Å². The van der Waals surface area contributed by atoms with Crippen molar-refractivity contribution in [3.63, 3.8) is 0 Å². The lowest BCUT2D eigenvalue weighted by Gasteiger charge is -2.06. The second-order valence-corrected chi connectivity index (χ2v) is 4.76. The number of nitrogens with zero attached hydrogens (tertiary/aromatic N) is 2. The monoisotopic (exact) mass is 265 g/mol. The molecular formula is C12H15N3O2S. The number of nitrogen functional groups attached to an aromatic ring is 1. The Bertz CT molecular complexity index is 519. The minimum absolute atomic E-state index is 0.337. The number of ether oxygens (including phenoxy) is 1. The van der Waals surface area contributed by atoms with Gasteiger partial charge >= 0.3 is 5.97 Å². The highest BCUT2D eigenvalue weighted by Gasteiger charge is 2.17. The van der Waals surface area contributed by atoms with E-state index in [9.17, 15) is 4.79 Å². The summed E-state index contributed by atoms with van der Waals surface area (Å²) < 4.78 is 6.75. The number of aryl methyl sites for hydroxylation is 1. The first-order valence-corrected chi connectivity index (χ1v) is 6.61. The molecule has 0 atom stereocenters. The smallest absolute Gasteiger partial charge is 0.358 e. The number of hydrogen-bond acceptors (Lipinski definition) is 5. The molecule has 0 unspecified atom stereocenters. The highest BCUT2D eigenvalue weighted by Crippen LogP contribution is 2.13. The van der Waals surface area contributed by atoms with Crippen LogP contribution in [0.4, 0.5) is 5.69 Å². The molecule has 2 N–H and O–H groups in total. The predicted octanol–water partition coefficient (Wildman–Crippen LogP) is 1.95. The molecule has 2 aromatic rings. The lowest BCUT2D eigenvalue weighted by atomic mass is 10.3. The Hall–Kier alpha value is -1.82. The second-order valence-electron chi connectivity index (χ2n) is 3.73. The van der Waals surface area contributed by atoms with E-state index < -0.39 is 5.97 Å². The Balaban J connectivity index is 1.93. The summed E-state index contributed by atoms with van der Waals surface area (Å²) in [5.74, 6) is -0.414. The molecule has 96 valence electrons. The molecular weight excluding hydrogens is 250 g/mol. The minimum atomic E-state index is -0.414. The van der Waals surface area contributed by atoms with E-state index in [0.29, 0.717) is 24.5 Å². The van der Waals surface area contributed by atoms with Crippen LogP contribution in [0, 0.1) is 0 Å². The zero-order valence-electron chi connectivity index (χ0n) is 10.1. The van der Waals surface area contributed by atoms with E-state index in [4.69, 9.17) is 10.5 Å². The topological polar surface area (TPSA) is 70.1 Å². The molecule has 0 fully saturated rings. The number of rotatable bonds is 5. The molecule has 0 radical (unpaired) electrons. The molecule has 0 saturated carbocycles. The van der Waals surface area contributed by atoms with Gasteiger partial charge in [0.2, 0.25) is 0 Å². The normalized spacial score (nSPS) is 10.5. The van der Waals surface area contributed by atoms with Crippen LogP contribution in [-0.4, -0.2) is 22.4 Å². The van der Waals surface area contributed by atoms with Gasteiger partial charge in [0.25, 0.3) is 0 Å². The van der Waals surface area contributed by atoms with Crippen molar-refractivity contribution >= 4 is 23.0 Å². The summed E-state index contributed by atoms with van der Waals surface area (Å²) in [4.78, 5) is 13.1. The molecule has 0 amide bonds. The quantitative estimate of drug-likeness (QED) is 0.839. The van der Waals surface area contributed by atoms with Crippen molar-refractivity contribution in [2.45, 2.75) is 19.9 Å². The van der Waals surface area contributed by atoms with Crippen molar-refractivity contribution in [1.82, 2.24) is 9.78 Å². The van der Waals surface area contributed by atoms with E-state index in [2.05, 4.69) is 5.10 Å². The third-order valence-electron chi connectivity index (χ3n) is 2.52. The lowest BCUT2D eigenvalue weighted by molar-refractivity contribution is 0.0497. The molecule has 18 heavy (non-hydrogen) atoms. The van der Waals surface area contributed by atoms with Crippen LogP contribution in [0.25, 0.3) is 0 Å². The van der Waals surface area contributed by atoms with Gasteiger partial charge in [-0.2, -0.15) is 5.10 Å². The average Bonchev–Trinajstić information content (AvgIpc) is 2.98. The average molecular weight is 265 g/mol. The fourth-order valence-electron chi connectivity index (χ4n) is 1.63. The zero-order chi connectivity index (χ0) is 13.0. The number of hydrogen-bond donors (Lipinski definition) is 1. The fourth-order valence-corrected chi connectivity index (χ4v) is 2.32. The molecule has 0 aliphatic heterocycles. The SMILES string of the molecule is CCn1ncc(N)c1C(=O)OCCc1cccs1. The predicted molar refractivity (Wildman–Crippen MR) is 70.6 cm³/mol. The summed E-state index contributed by atoms with van der Waals surface area (Å²) in [7, 11) is 0. The van der Waals surface area contributed by atoms with Crippen LogP contribution in [0.2, 0.25) is 0 Å². The van der Waals surface area contributed by atoms with Crippen LogP contribution >= 0.6 is 11.3 Å². The second kappa shape index (κ2) is 5.68. The molecule has 0 saturated heterocycles. The molecule has 0 spiro atoms. The first-order valence-electron chi connectivity index (χ1n) is 5.73.